The van der Waals surface area contributed by atoms with Gasteiger partial charge in [-0.1, -0.05) is 67.9 Å². The van der Waals surface area contributed by atoms with Crippen LogP contribution < -0.4 is 0 Å². The summed E-state index contributed by atoms with van der Waals surface area (Å²) in [6, 6.07) is 16.1. The summed E-state index contributed by atoms with van der Waals surface area (Å²) in [5, 5.41) is 9.92. The van der Waals surface area contributed by atoms with E-state index in [0.29, 0.717) is 41.3 Å². The van der Waals surface area contributed by atoms with Crippen molar-refractivity contribution in [1.82, 2.24) is 14.9 Å². The highest BCUT2D eigenvalue weighted by atomic mass is 35.5. The average molecular weight is 558 g/mol. The Labute approximate surface area is 240 Å². The molecule has 40 heavy (non-hydrogen) atoms. The number of benzene rings is 2. The van der Waals surface area contributed by atoms with Crippen LogP contribution in [0, 0.1) is 5.92 Å². The molecule has 2 aliphatic rings. The van der Waals surface area contributed by atoms with Gasteiger partial charge in [0, 0.05) is 35.5 Å². The molecule has 1 amide bonds. The first-order chi connectivity index (χ1) is 19.2. The third-order valence-corrected chi connectivity index (χ3v) is 8.59. The summed E-state index contributed by atoms with van der Waals surface area (Å²) in [4.78, 5) is 36.7. The molecule has 2 atom stereocenters. The second-order valence-electron chi connectivity index (χ2n) is 11.5. The topological polar surface area (TPSA) is 83.4 Å². The van der Waals surface area contributed by atoms with Crippen molar-refractivity contribution in [2.75, 3.05) is 13.1 Å². The van der Waals surface area contributed by atoms with Gasteiger partial charge in [-0.05, 0) is 73.8 Å². The van der Waals surface area contributed by atoms with E-state index in [1.54, 1.807) is 0 Å². The molecular weight excluding hydrogens is 522 g/mol. The van der Waals surface area contributed by atoms with Crippen LogP contribution >= 0.6 is 11.6 Å². The fraction of sp³-hybridized carbons (Fsp3) is 0.394. The normalized spacial score (nSPS) is 20.4. The van der Waals surface area contributed by atoms with Crippen molar-refractivity contribution >= 4 is 34.5 Å². The summed E-state index contributed by atoms with van der Waals surface area (Å²) in [6.07, 6.45) is 9.99. The minimum Gasteiger partial charge on any atom is -0.481 e. The lowest BCUT2D eigenvalue weighted by Crippen LogP contribution is -2.37. The molecule has 3 aromatic rings. The number of hydrogen-bond donors (Lipinski definition) is 1. The Morgan fingerprint density at radius 2 is 1.85 bits per heavy atom. The number of aromatic nitrogens is 2. The van der Waals surface area contributed by atoms with Gasteiger partial charge in [0.1, 0.15) is 0 Å². The van der Waals surface area contributed by atoms with Crippen LogP contribution in [0.4, 0.5) is 0 Å². The summed E-state index contributed by atoms with van der Waals surface area (Å²) < 4.78 is 0. The highest BCUT2D eigenvalue weighted by Gasteiger charge is 2.31. The number of carboxylic acid groups (broad SMARTS) is 1. The third kappa shape index (κ3) is 6.28. The predicted molar refractivity (Wildman–Crippen MR) is 159 cm³/mol. The summed E-state index contributed by atoms with van der Waals surface area (Å²) in [7, 11) is 0. The predicted octanol–water partition coefficient (Wildman–Crippen LogP) is 7.03. The number of piperidine rings is 1. The molecule has 6 nitrogen and oxygen atoms in total. The van der Waals surface area contributed by atoms with Crippen LogP contribution in [-0.4, -0.2) is 44.9 Å². The molecule has 2 unspecified atom stereocenters. The number of rotatable bonds is 8. The lowest BCUT2D eigenvalue weighted by Gasteiger charge is -2.32. The molecule has 1 aliphatic heterocycles. The van der Waals surface area contributed by atoms with Gasteiger partial charge in [0.05, 0.1) is 22.4 Å². The molecule has 1 saturated heterocycles. The summed E-state index contributed by atoms with van der Waals surface area (Å²) in [5.74, 6) is -0.274. The average Bonchev–Trinajstić information content (AvgIpc) is 2.97. The summed E-state index contributed by atoms with van der Waals surface area (Å²) >= 11 is 6.21. The first-order valence-electron chi connectivity index (χ1n) is 14.1. The molecule has 2 aromatic carbocycles. The zero-order valence-corrected chi connectivity index (χ0v) is 23.9. The molecule has 5 rings (SSSR count). The van der Waals surface area contributed by atoms with Crippen molar-refractivity contribution < 1.29 is 14.7 Å². The highest BCUT2D eigenvalue weighted by molar-refractivity contribution is 6.31. The van der Waals surface area contributed by atoms with Crippen LogP contribution in [0.2, 0.25) is 0 Å². The number of hydrogen-bond acceptors (Lipinski definition) is 4. The molecule has 1 N–H and O–H groups in total. The molecule has 0 radical (unpaired) electrons. The second kappa shape index (κ2) is 11.9. The molecule has 2 heterocycles. The smallest absolute Gasteiger partial charge is 0.303 e. The number of carboxylic acids is 1. The maximum Gasteiger partial charge on any atom is 0.303 e. The van der Waals surface area contributed by atoms with E-state index in [9.17, 15) is 14.7 Å². The van der Waals surface area contributed by atoms with Gasteiger partial charge in [-0.2, -0.15) is 0 Å². The third-order valence-electron chi connectivity index (χ3n) is 8.31. The van der Waals surface area contributed by atoms with Crippen LogP contribution in [0.1, 0.15) is 79.2 Å². The molecule has 1 fully saturated rings. The van der Waals surface area contributed by atoms with Gasteiger partial charge >= 0.3 is 5.97 Å². The Kier molecular flexibility index (Phi) is 8.36. The van der Waals surface area contributed by atoms with Crippen molar-refractivity contribution in [2.45, 2.75) is 63.7 Å². The van der Waals surface area contributed by atoms with Gasteiger partial charge in [-0.3, -0.25) is 9.59 Å². The van der Waals surface area contributed by atoms with Crippen molar-refractivity contribution in [3.8, 4) is 0 Å². The lowest BCUT2D eigenvalue weighted by atomic mass is 9.78. The maximum absolute atomic E-state index is 13.5. The minimum atomic E-state index is -0.796. The maximum atomic E-state index is 13.5. The van der Waals surface area contributed by atoms with Gasteiger partial charge in [0.25, 0.3) is 5.91 Å². The molecule has 7 heteroatoms. The van der Waals surface area contributed by atoms with Crippen LogP contribution in [0.3, 0.4) is 0 Å². The van der Waals surface area contributed by atoms with E-state index in [2.05, 4.69) is 37.3 Å². The molecule has 1 aromatic heterocycles. The number of carbonyl (C=O) groups excluding carboxylic acids is 1. The minimum absolute atomic E-state index is 0.0126. The lowest BCUT2D eigenvalue weighted by molar-refractivity contribution is -0.138. The van der Waals surface area contributed by atoms with E-state index >= 15 is 0 Å². The number of fused-ring (bicyclic) bond motifs is 1. The van der Waals surface area contributed by atoms with Gasteiger partial charge < -0.3 is 10.0 Å². The molecule has 0 spiro atoms. The van der Waals surface area contributed by atoms with E-state index < -0.39 is 5.97 Å². The van der Waals surface area contributed by atoms with Crippen molar-refractivity contribution in [1.29, 1.82) is 0 Å². The van der Waals surface area contributed by atoms with E-state index in [0.717, 1.165) is 42.8 Å². The molecule has 0 bridgehead atoms. The Hall–Kier alpha value is -3.51. The quantitative estimate of drug-likeness (QED) is 0.321. The van der Waals surface area contributed by atoms with Crippen LogP contribution in [-0.2, 0) is 16.6 Å². The number of nitrogens with zero attached hydrogens (tertiary/aromatic N) is 3. The largest absolute Gasteiger partial charge is 0.481 e. The van der Waals surface area contributed by atoms with Gasteiger partial charge in [0.2, 0.25) is 0 Å². The SMILES string of the molecule is CC(CCc1nc2cc(C(=O)N3CCC(c4ccccc4)CC3)ccc2nc1C1(C)C=CC(Cl)=CC1)CC(=O)O. The zero-order valence-electron chi connectivity index (χ0n) is 23.1. The van der Waals surface area contributed by atoms with E-state index in [1.165, 1.54) is 5.56 Å². The number of likely N-dealkylation sites (tertiary alicyclic amines) is 1. The Bertz CT molecular complexity index is 1460. The van der Waals surface area contributed by atoms with Crippen LogP contribution in [0.25, 0.3) is 11.0 Å². The van der Waals surface area contributed by atoms with Crippen molar-refractivity contribution in [2.24, 2.45) is 5.92 Å². The molecule has 0 saturated carbocycles. The number of carbonyl (C=O) groups is 2. The highest BCUT2D eigenvalue weighted by Crippen LogP contribution is 2.36. The van der Waals surface area contributed by atoms with Gasteiger partial charge in [0.15, 0.2) is 0 Å². The molecular formula is C33H36ClN3O3. The first kappa shape index (κ1) is 28.0. The number of amides is 1. The summed E-state index contributed by atoms with van der Waals surface area (Å²) in [5.41, 5.74) is 4.74. The van der Waals surface area contributed by atoms with Crippen LogP contribution in [0.5, 0.6) is 0 Å². The number of allylic oxidation sites excluding steroid dienone is 4. The monoisotopic (exact) mass is 557 g/mol. The standard InChI is InChI=1S/C33H36ClN3O3/c1-22(20-30(38)39)8-10-28-31(33(2)16-12-26(34)13-17-33)36-27-11-9-25(21-29(27)35-28)32(40)37-18-14-24(15-19-37)23-6-4-3-5-7-23/h3-7,9,11-13,16,21-22,24H,8,10,14-15,17-20H2,1-2H3,(H,38,39). The van der Waals surface area contributed by atoms with Gasteiger partial charge in [-0.15, -0.1) is 0 Å². The fourth-order valence-corrected chi connectivity index (χ4v) is 5.99. The van der Waals surface area contributed by atoms with E-state index in [-0.39, 0.29) is 23.7 Å². The van der Waals surface area contributed by atoms with E-state index in [1.807, 2.05) is 48.2 Å². The van der Waals surface area contributed by atoms with E-state index in [4.69, 9.17) is 21.6 Å². The fourth-order valence-electron chi connectivity index (χ4n) is 5.85. The second-order valence-corrected chi connectivity index (χ2v) is 11.9. The number of aliphatic carboxylic acids is 1. The Balaban J connectivity index is 1.39. The Morgan fingerprint density at radius 3 is 2.52 bits per heavy atom. The summed E-state index contributed by atoms with van der Waals surface area (Å²) in [6.45, 7) is 5.54. The first-order valence-corrected chi connectivity index (χ1v) is 14.5. The van der Waals surface area contributed by atoms with Crippen LogP contribution in [0.15, 0.2) is 71.8 Å². The number of halogens is 1. The molecule has 1 aliphatic carbocycles. The molecule has 208 valence electrons. The van der Waals surface area contributed by atoms with Crippen molar-refractivity contribution in [3.05, 3.63) is 94.3 Å². The number of aryl methyl sites for hydroxylation is 1. The van der Waals surface area contributed by atoms with Gasteiger partial charge in [-0.25, -0.2) is 9.97 Å². The van der Waals surface area contributed by atoms with Crippen molar-refractivity contribution in [3.63, 3.8) is 0 Å². The zero-order chi connectivity index (χ0) is 28.3. The Morgan fingerprint density at radius 1 is 1.10 bits per heavy atom.